The van der Waals surface area contributed by atoms with Crippen molar-refractivity contribution >= 4 is 56.3 Å². The number of carbonyl (C=O) groups excluding carboxylic acids is 1. The minimum Gasteiger partial charge on any atom is -0.467 e. The molecule has 0 bridgehead atoms. The van der Waals surface area contributed by atoms with Crippen molar-refractivity contribution in [2.75, 3.05) is 11.9 Å². The lowest BCUT2D eigenvalue weighted by Gasteiger charge is -2.10. The van der Waals surface area contributed by atoms with E-state index in [4.69, 9.17) is 27.9 Å². The number of para-hydroxylation sites is 1. The Morgan fingerprint density at radius 3 is 2.54 bits per heavy atom. The van der Waals surface area contributed by atoms with Gasteiger partial charge >= 0.3 is 0 Å². The fourth-order valence-electron chi connectivity index (χ4n) is 2.71. The summed E-state index contributed by atoms with van der Waals surface area (Å²) in [5.74, 6) is -0.0382. The van der Waals surface area contributed by atoms with E-state index in [2.05, 4.69) is 15.3 Å². The molecule has 0 saturated carbocycles. The van der Waals surface area contributed by atoms with Crippen LogP contribution in [-0.2, 0) is 4.79 Å². The highest BCUT2D eigenvalue weighted by Crippen LogP contribution is 2.37. The molecule has 1 amide bonds. The Labute approximate surface area is 174 Å². The minimum absolute atomic E-state index is 0.238. The van der Waals surface area contributed by atoms with Crippen LogP contribution in [0.25, 0.3) is 21.3 Å². The Bertz CT molecular complexity index is 1130. The third-order valence-electron chi connectivity index (χ3n) is 3.99. The number of ether oxygens (including phenoxy) is 1. The molecule has 2 aromatic carbocycles. The van der Waals surface area contributed by atoms with Crippen molar-refractivity contribution in [2.24, 2.45) is 0 Å². The quantitative estimate of drug-likeness (QED) is 0.442. The number of hydrogen-bond donors (Lipinski definition) is 1. The molecule has 2 aromatic heterocycles. The molecule has 0 radical (unpaired) electrons. The maximum Gasteiger partial charge on any atom is 0.262 e. The molecule has 140 valence electrons. The Kier molecular flexibility index (Phi) is 5.43. The van der Waals surface area contributed by atoms with E-state index in [-0.39, 0.29) is 6.61 Å². The molecule has 0 unspecified atom stereocenters. The van der Waals surface area contributed by atoms with Crippen LogP contribution in [0.15, 0.2) is 60.2 Å². The summed E-state index contributed by atoms with van der Waals surface area (Å²) in [5, 5.41) is 6.17. The summed E-state index contributed by atoms with van der Waals surface area (Å²) in [6.45, 7) is -0.238. The summed E-state index contributed by atoms with van der Waals surface area (Å²) in [5.41, 5.74) is 2.35. The van der Waals surface area contributed by atoms with E-state index < -0.39 is 5.91 Å². The van der Waals surface area contributed by atoms with Gasteiger partial charge in [-0.2, -0.15) is 0 Å². The van der Waals surface area contributed by atoms with Gasteiger partial charge in [0.15, 0.2) is 6.61 Å². The van der Waals surface area contributed by atoms with Gasteiger partial charge in [-0.25, -0.2) is 9.97 Å². The number of nitrogens with one attached hydrogen (secondary N) is 1. The van der Waals surface area contributed by atoms with Crippen LogP contribution in [0.2, 0.25) is 10.0 Å². The van der Waals surface area contributed by atoms with Crippen molar-refractivity contribution in [1.29, 1.82) is 0 Å². The Morgan fingerprint density at radius 2 is 1.79 bits per heavy atom. The number of amides is 1. The first kappa shape index (κ1) is 18.7. The lowest BCUT2D eigenvalue weighted by Crippen LogP contribution is -2.21. The average Bonchev–Trinajstić information content (AvgIpc) is 3.15. The molecule has 0 aliphatic heterocycles. The second kappa shape index (κ2) is 8.14. The summed E-state index contributed by atoms with van der Waals surface area (Å²) in [7, 11) is 0. The predicted molar refractivity (Wildman–Crippen MR) is 113 cm³/mol. The molecule has 8 heteroatoms. The summed E-state index contributed by atoms with van der Waals surface area (Å²) in [6.07, 6.45) is 1.42. The fraction of sp³-hybridized carbons (Fsp3) is 0.0500. The number of thiophene rings is 1. The topological polar surface area (TPSA) is 64.1 Å². The molecule has 5 nitrogen and oxygen atoms in total. The molecule has 0 saturated heterocycles. The van der Waals surface area contributed by atoms with Crippen molar-refractivity contribution in [3.8, 4) is 17.0 Å². The number of anilines is 1. The van der Waals surface area contributed by atoms with Crippen molar-refractivity contribution < 1.29 is 9.53 Å². The average molecular weight is 430 g/mol. The minimum atomic E-state index is -0.391. The highest BCUT2D eigenvalue weighted by molar-refractivity contribution is 7.17. The maximum absolute atomic E-state index is 12.3. The molecule has 0 spiro atoms. The lowest BCUT2D eigenvalue weighted by molar-refractivity contribution is -0.118. The molecular formula is C20H13Cl2N3O2S. The Morgan fingerprint density at radius 1 is 1.04 bits per heavy atom. The van der Waals surface area contributed by atoms with Crippen LogP contribution in [0.4, 0.5) is 5.69 Å². The molecule has 0 aliphatic carbocycles. The number of halogens is 2. The number of rotatable bonds is 5. The van der Waals surface area contributed by atoms with Crippen LogP contribution in [-0.4, -0.2) is 22.5 Å². The van der Waals surface area contributed by atoms with Gasteiger partial charge in [0, 0.05) is 10.9 Å². The molecule has 0 fully saturated rings. The number of hydrogen-bond acceptors (Lipinski definition) is 5. The monoisotopic (exact) mass is 429 g/mol. The molecular weight excluding hydrogens is 417 g/mol. The van der Waals surface area contributed by atoms with Crippen molar-refractivity contribution in [3.63, 3.8) is 0 Å². The van der Waals surface area contributed by atoms with Gasteiger partial charge in [-0.1, -0.05) is 59.6 Å². The van der Waals surface area contributed by atoms with Gasteiger partial charge in [-0.05, 0) is 17.7 Å². The predicted octanol–water partition coefficient (Wildman–Crippen LogP) is 5.68. The van der Waals surface area contributed by atoms with Crippen LogP contribution < -0.4 is 10.1 Å². The first-order valence-electron chi connectivity index (χ1n) is 8.28. The number of aromatic nitrogens is 2. The Balaban J connectivity index is 1.57. The van der Waals surface area contributed by atoms with Crippen molar-refractivity contribution in [3.05, 3.63) is 70.3 Å². The molecule has 4 aromatic rings. The van der Waals surface area contributed by atoms with Gasteiger partial charge in [0.05, 0.1) is 21.1 Å². The zero-order valence-corrected chi connectivity index (χ0v) is 16.7. The van der Waals surface area contributed by atoms with Gasteiger partial charge in [0.25, 0.3) is 5.91 Å². The third-order valence-corrected chi connectivity index (χ3v) is 5.50. The van der Waals surface area contributed by atoms with E-state index in [0.29, 0.717) is 21.6 Å². The summed E-state index contributed by atoms with van der Waals surface area (Å²) >= 11 is 13.7. The number of fused-ring (bicyclic) bond motifs is 1. The van der Waals surface area contributed by atoms with E-state index >= 15 is 0 Å². The first-order chi connectivity index (χ1) is 13.6. The lowest BCUT2D eigenvalue weighted by atomic mass is 10.1. The van der Waals surface area contributed by atoms with E-state index in [1.165, 1.54) is 17.7 Å². The van der Waals surface area contributed by atoms with Crippen LogP contribution in [0, 0.1) is 0 Å². The molecule has 4 rings (SSSR count). The van der Waals surface area contributed by atoms with Gasteiger partial charge in [0.2, 0.25) is 5.88 Å². The van der Waals surface area contributed by atoms with E-state index in [9.17, 15) is 4.79 Å². The third kappa shape index (κ3) is 3.80. The highest BCUT2D eigenvalue weighted by atomic mass is 35.5. The number of nitrogens with zero attached hydrogens (tertiary/aromatic N) is 2. The zero-order valence-electron chi connectivity index (χ0n) is 14.4. The molecule has 0 atom stereocenters. The molecule has 2 heterocycles. The largest absolute Gasteiger partial charge is 0.467 e. The number of benzene rings is 2. The summed E-state index contributed by atoms with van der Waals surface area (Å²) in [4.78, 5) is 21.6. The maximum atomic E-state index is 12.3. The Hall–Kier alpha value is -2.67. The second-order valence-corrected chi connectivity index (χ2v) is 7.48. The summed E-state index contributed by atoms with van der Waals surface area (Å²) < 4.78 is 5.71. The smallest absolute Gasteiger partial charge is 0.262 e. The van der Waals surface area contributed by atoms with E-state index in [1.807, 2.05) is 35.7 Å². The number of carbonyl (C=O) groups is 1. The molecule has 0 aliphatic rings. The standard InChI is InChI=1S/C20H13Cl2N3O2S/c21-14-7-4-8-15(22)18(14)25-16(26)9-27-19-17-13(12-5-2-1-3-6-12)10-28-20(17)24-11-23-19/h1-8,10-11H,9H2,(H,25,26). The van der Waals surface area contributed by atoms with Crippen molar-refractivity contribution in [1.82, 2.24) is 9.97 Å². The summed E-state index contributed by atoms with van der Waals surface area (Å²) in [6, 6.07) is 14.9. The van der Waals surface area contributed by atoms with Gasteiger partial charge in [-0.3, -0.25) is 4.79 Å². The van der Waals surface area contributed by atoms with Crippen LogP contribution in [0.3, 0.4) is 0 Å². The molecule has 1 N–H and O–H groups in total. The zero-order chi connectivity index (χ0) is 19.5. The highest BCUT2D eigenvalue weighted by Gasteiger charge is 2.16. The second-order valence-electron chi connectivity index (χ2n) is 5.81. The van der Waals surface area contributed by atoms with Crippen LogP contribution in [0.1, 0.15) is 0 Å². The first-order valence-corrected chi connectivity index (χ1v) is 9.91. The van der Waals surface area contributed by atoms with Crippen LogP contribution in [0.5, 0.6) is 5.88 Å². The SMILES string of the molecule is O=C(COc1ncnc2scc(-c3ccccc3)c12)Nc1c(Cl)cccc1Cl. The fourth-order valence-corrected chi connectivity index (χ4v) is 4.11. The van der Waals surface area contributed by atoms with E-state index in [0.717, 1.165) is 21.3 Å². The van der Waals surface area contributed by atoms with Crippen molar-refractivity contribution in [2.45, 2.75) is 0 Å². The normalized spacial score (nSPS) is 10.8. The van der Waals surface area contributed by atoms with Gasteiger partial charge in [0.1, 0.15) is 11.2 Å². The van der Waals surface area contributed by atoms with Gasteiger partial charge < -0.3 is 10.1 Å². The van der Waals surface area contributed by atoms with Crippen LogP contribution >= 0.6 is 34.5 Å². The van der Waals surface area contributed by atoms with Gasteiger partial charge in [-0.15, -0.1) is 11.3 Å². The molecule has 28 heavy (non-hydrogen) atoms. The van der Waals surface area contributed by atoms with E-state index in [1.54, 1.807) is 18.2 Å².